The Hall–Kier alpha value is -0.580. The molecule has 1 saturated heterocycles. The number of aromatic nitrogens is 2. The molecule has 5 heteroatoms. The third-order valence-corrected chi connectivity index (χ3v) is 4.03. The lowest BCUT2D eigenvalue weighted by Crippen LogP contribution is -2.35. The molecule has 1 aliphatic rings. The van der Waals surface area contributed by atoms with Gasteiger partial charge in [-0.1, -0.05) is 11.6 Å². The maximum absolute atomic E-state index is 6.31. The first-order chi connectivity index (χ1) is 8.08. The van der Waals surface area contributed by atoms with Crippen LogP contribution >= 0.6 is 11.6 Å². The molecule has 1 unspecified atom stereocenters. The van der Waals surface area contributed by atoms with Crippen LogP contribution in [-0.2, 0) is 18.2 Å². The van der Waals surface area contributed by atoms with E-state index in [0.29, 0.717) is 0 Å². The molecule has 0 radical (unpaired) electrons. The van der Waals surface area contributed by atoms with Crippen LogP contribution in [0.3, 0.4) is 0 Å². The van der Waals surface area contributed by atoms with E-state index in [0.717, 1.165) is 49.0 Å². The Morgan fingerprint density at radius 1 is 1.59 bits per heavy atom. The van der Waals surface area contributed by atoms with E-state index in [4.69, 9.17) is 16.3 Å². The monoisotopic (exact) mass is 257 g/mol. The summed E-state index contributed by atoms with van der Waals surface area (Å²) in [5.41, 5.74) is 2.19. The number of nitrogens with zero attached hydrogens (tertiary/aromatic N) is 2. The molecular weight excluding hydrogens is 238 g/mol. The minimum absolute atomic E-state index is 0.165. The number of aryl methyl sites for hydroxylation is 2. The molecule has 0 spiro atoms. The van der Waals surface area contributed by atoms with Crippen LogP contribution in [0.4, 0.5) is 0 Å². The van der Waals surface area contributed by atoms with Gasteiger partial charge in [-0.15, -0.1) is 0 Å². The molecule has 4 nitrogen and oxygen atoms in total. The summed E-state index contributed by atoms with van der Waals surface area (Å²) >= 11 is 6.31. The van der Waals surface area contributed by atoms with Crippen LogP contribution in [0.15, 0.2) is 0 Å². The quantitative estimate of drug-likeness (QED) is 0.890. The van der Waals surface area contributed by atoms with Gasteiger partial charge >= 0.3 is 0 Å². The van der Waals surface area contributed by atoms with E-state index in [2.05, 4.69) is 10.4 Å². The van der Waals surface area contributed by atoms with Gasteiger partial charge in [-0.3, -0.25) is 4.68 Å². The van der Waals surface area contributed by atoms with Crippen LogP contribution in [0.1, 0.15) is 17.8 Å². The molecule has 0 aromatic carbocycles. The van der Waals surface area contributed by atoms with Crippen LogP contribution in [0.25, 0.3) is 0 Å². The summed E-state index contributed by atoms with van der Waals surface area (Å²) in [6.07, 6.45) is 2.00. The largest absolute Gasteiger partial charge is 0.381 e. The van der Waals surface area contributed by atoms with Crippen molar-refractivity contribution in [2.24, 2.45) is 12.5 Å². The van der Waals surface area contributed by atoms with Gasteiger partial charge in [0.1, 0.15) is 0 Å². The topological polar surface area (TPSA) is 39.1 Å². The van der Waals surface area contributed by atoms with Crippen LogP contribution in [0, 0.1) is 12.3 Å². The second kappa shape index (κ2) is 4.96. The Kier molecular flexibility index (Phi) is 3.76. The maximum atomic E-state index is 6.31. The Balaban J connectivity index is 2.23. The molecule has 1 aromatic rings. The van der Waals surface area contributed by atoms with Gasteiger partial charge in [0.25, 0.3) is 0 Å². The zero-order valence-corrected chi connectivity index (χ0v) is 11.5. The van der Waals surface area contributed by atoms with Gasteiger partial charge in [-0.05, 0) is 26.8 Å². The van der Waals surface area contributed by atoms with Crippen molar-refractivity contribution in [3.8, 4) is 0 Å². The predicted octanol–water partition coefficient (Wildman–Crippen LogP) is 1.55. The smallest absolute Gasteiger partial charge is 0.0847 e. The van der Waals surface area contributed by atoms with Gasteiger partial charge < -0.3 is 10.1 Å². The third-order valence-electron chi connectivity index (χ3n) is 3.54. The summed E-state index contributed by atoms with van der Waals surface area (Å²) in [5.74, 6) is 0. The highest BCUT2D eigenvalue weighted by Gasteiger charge is 2.36. The second-order valence-corrected chi connectivity index (χ2v) is 5.36. The number of rotatable bonds is 4. The highest BCUT2D eigenvalue weighted by atomic mass is 35.5. The van der Waals surface area contributed by atoms with Crippen molar-refractivity contribution >= 4 is 11.6 Å². The molecule has 17 heavy (non-hydrogen) atoms. The Morgan fingerprint density at radius 3 is 2.82 bits per heavy atom. The normalized spacial score (nSPS) is 24.5. The molecule has 1 fully saturated rings. The minimum Gasteiger partial charge on any atom is -0.381 e. The number of nitrogens with one attached hydrogen (secondary N) is 1. The van der Waals surface area contributed by atoms with Gasteiger partial charge in [0, 0.05) is 25.6 Å². The number of ether oxygens (including phenoxy) is 1. The van der Waals surface area contributed by atoms with E-state index in [9.17, 15) is 0 Å². The fourth-order valence-electron chi connectivity index (χ4n) is 2.59. The van der Waals surface area contributed by atoms with Gasteiger partial charge in [0.05, 0.1) is 23.0 Å². The van der Waals surface area contributed by atoms with Crippen molar-refractivity contribution in [2.45, 2.75) is 19.8 Å². The molecule has 1 atom stereocenters. The lowest BCUT2D eigenvalue weighted by Gasteiger charge is -2.27. The molecule has 2 rings (SSSR count). The fraction of sp³-hybridized carbons (Fsp3) is 0.750. The molecule has 0 aliphatic carbocycles. The Labute approximate surface area is 107 Å². The second-order valence-electron chi connectivity index (χ2n) is 4.98. The average Bonchev–Trinajstić information content (AvgIpc) is 2.82. The van der Waals surface area contributed by atoms with E-state index in [-0.39, 0.29) is 5.41 Å². The van der Waals surface area contributed by atoms with Crippen molar-refractivity contribution in [3.05, 3.63) is 16.4 Å². The van der Waals surface area contributed by atoms with Gasteiger partial charge in [-0.25, -0.2) is 0 Å². The van der Waals surface area contributed by atoms with E-state index < -0.39 is 0 Å². The molecule has 1 N–H and O–H groups in total. The maximum Gasteiger partial charge on any atom is 0.0847 e. The first-order valence-corrected chi connectivity index (χ1v) is 6.36. The van der Waals surface area contributed by atoms with Crippen molar-refractivity contribution in [1.82, 2.24) is 15.1 Å². The summed E-state index contributed by atoms with van der Waals surface area (Å²) in [6, 6.07) is 0. The molecule has 0 saturated carbocycles. The van der Waals surface area contributed by atoms with Gasteiger partial charge in [0.15, 0.2) is 0 Å². The summed E-state index contributed by atoms with van der Waals surface area (Å²) in [4.78, 5) is 0. The number of hydrogen-bond donors (Lipinski definition) is 1. The first-order valence-electron chi connectivity index (χ1n) is 5.98. The van der Waals surface area contributed by atoms with Crippen LogP contribution in [-0.4, -0.2) is 36.6 Å². The van der Waals surface area contributed by atoms with Gasteiger partial charge in [-0.2, -0.15) is 5.10 Å². The van der Waals surface area contributed by atoms with E-state index >= 15 is 0 Å². The Morgan fingerprint density at radius 2 is 2.35 bits per heavy atom. The summed E-state index contributed by atoms with van der Waals surface area (Å²) < 4.78 is 7.46. The van der Waals surface area contributed by atoms with Crippen molar-refractivity contribution in [3.63, 3.8) is 0 Å². The molecule has 0 amide bonds. The van der Waals surface area contributed by atoms with Gasteiger partial charge in [0.2, 0.25) is 0 Å². The predicted molar refractivity (Wildman–Crippen MR) is 68.5 cm³/mol. The lowest BCUT2D eigenvalue weighted by molar-refractivity contribution is 0.149. The van der Waals surface area contributed by atoms with Crippen LogP contribution in [0.2, 0.25) is 5.02 Å². The van der Waals surface area contributed by atoms with Crippen molar-refractivity contribution in [1.29, 1.82) is 0 Å². The zero-order chi connectivity index (χ0) is 12.5. The number of hydrogen-bond acceptors (Lipinski definition) is 3. The molecule has 1 aromatic heterocycles. The molecule has 0 bridgehead atoms. The Bertz CT molecular complexity index is 397. The molecule has 2 heterocycles. The van der Waals surface area contributed by atoms with Crippen LogP contribution in [0.5, 0.6) is 0 Å². The molecular formula is C12H20ClN3O. The van der Waals surface area contributed by atoms with Crippen molar-refractivity contribution in [2.75, 3.05) is 26.8 Å². The summed E-state index contributed by atoms with van der Waals surface area (Å²) in [5, 5.41) is 8.43. The highest BCUT2D eigenvalue weighted by Crippen LogP contribution is 2.34. The third kappa shape index (κ3) is 2.49. The van der Waals surface area contributed by atoms with Crippen LogP contribution < -0.4 is 5.32 Å². The zero-order valence-electron chi connectivity index (χ0n) is 10.7. The van der Waals surface area contributed by atoms with E-state index in [1.54, 1.807) is 0 Å². The summed E-state index contributed by atoms with van der Waals surface area (Å²) in [7, 11) is 3.94. The number of halogens is 1. The summed E-state index contributed by atoms with van der Waals surface area (Å²) in [6.45, 7) is 4.54. The highest BCUT2D eigenvalue weighted by molar-refractivity contribution is 6.31. The molecule has 96 valence electrons. The SMILES string of the molecule is CNCC1(Cc2c(Cl)c(C)nn2C)CCOC1. The first kappa shape index (κ1) is 12.9. The van der Waals surface area contributed by atoms with Crippen molar-refractivity contribution < 1.29 is 4.74 Å². The standard InChI is InChI=1S/C12H20ClN3O/c1-9-11(13)10(16(3)15-9)6-12(7-14-2)4-5-17-8-12/h14H,4-8H2,1-3H3. The van der Waals surface area contributed by atoms with E-state index in [1.807, 2.05) is 25.7 Å². The van der Waals surface area contributed by atoms with E-state index in [1.165, 1.54) is 0 Å². The average molecular weight is 258 g/mol. The molecule has 1 aliphatic heterocycles. The lowest BCUT2D eigenvalue weighted by atomic mass is 9.82. The minimum atomic E-state index is 0.165. The fourth-order valence-corrected chi connectivity index (χ4v) is 2.82.